The van der Waals surface area contributed by atoms with Gasteiger partial charge < -0.3 is 5.32 Å². The van der Waals surface area contributed by atoms with Gasteiger partial charge in [0.15, 0.2) is 5.78 Å². The molecule has 1 fully saturated rings. The molecule has 1 saturated heterocycles. The van der Waals surface area contributed by atoms with E-state index >= 15 is 0 Å². The smallest absolute Gasteiger partial charge is 0.228 e. The van der Waals surface area contributed by atoms with Crippen LogP contribution in [0.5, 0.6) is 0 Å². The normalized spacial score (nSPS) is 18.6. The predicted molar refractivity (Wildman–Crippen MR) is 76.1 cm³/mol. The summed E-state index contributed by atoms with van der Waals surface area (Å²) in [6.45, 7) is 3.54. The quantitative estimate of drug-likeness (QED) is 0.836. The van der Waals surface area contributed by atoms with Crippen molar-refractivity contribution in [1.29, 1.82) is 0 Å². The summed E-state index contributed by atoms with van der Waals surface area (Å²) in [5.74, 6) is 0.887. The second-order valence-corrected chi connectivity index (χ2v) is 5.35. The number of carbonyl (C=O) groups excluding carboxylic acids is 2. The molecule has 3 rings (SSSR count). The Morgan fingerprint density at radius 2 is 1.95 bits per heavy atom. The molecule has 1 amide bonds. The standard InChI is InChI=1S/C16H18N2O2/c1-11-3-5-12(6-4-11)15(20)13-7-8-14(19)18-10-2-9-17-16(13)18/h3-6,17H,2,7-10H2,1H3. The van der Waals surface area contributed by atoms with Crippen LogP contribution in [0.25, 0.3) is 0 Å². The minimum Gasteiger partial charge on any atom is -0.371 e. The lowest BCUT2D eigenvalue weighted by atomic mass is 9.94. The van der Waals surface area contributed by atoms with Gasteiger partial charge in [0.25, 0.3) is 0 Å². The molecule has 0 saturated carbocycles. The zero-order chi connectivity index (χ0) is 14.1. The third kappa shape index (κ3) is 2.22. The van der Waals surface area contributed by atoms with Crippen molar-refractivity contribution >= 4 is 11.7 Å². The summed E-state index contributed by atoms with van der Waals surface area (Å²) in [6, 6.07) is 7.60. The highest BCUT2D eigenvalue weighted by molar-refractivity contribution is 6.10. The van der Waals surface area contributed by atoms with Crippen molar-refractivity contribution < 1.29 is 9.59 Å². The van der Waals surface area contributed by atoms with E-state index in [2.05, 4.69) is 5.32 Å². The Balaban J connectivity index is 1.97. The van der Waals surface area contributed by atoms with Crippen LogP contribution in [0.1, 0.15) is 35.2 Å². The van der Waals surface area contributed by atoms with E-state index in [-0.39, 0.29) is 11.7 Å². The van der Waals surface area contributed by atoms with E-state index < -0.39 is 0 Å². The Morgan fingerprint density at radius 3 is 2.70 bits per heavy atom. The van der Waals surface area contributed by atoms with E-state index in [0.717, 1.165) is 29.9 Å². The molecule has 0 spiro atoms. The number of rotatable bonds is 2. The van der Waals surface area contributed by atoms with Crippen molar-refractivity contribution in [3.05, 3.63) is 46.8 Å². The Morgan fingerprint density at radius 1 is 1.20 bits per heavy atom. The highest BCUT2D eigenvalue weighted by atomic mass is 16.2. The molecule has 1 aromatic rings. The second-order valence-electron chi connectivity index (χ2n) is 5.35. The number of benzene rings is 1. The number of allylic oxidation sites excluding steroid dienone is 1. The Labute approximate surface area is 118 Å². The topological polar surface area (TPSA) is 49.4 Å². The van der Waals surface area contributed by atoms with Gasteiger partial charge in [0, 0.05) is 30.6 Å². The lowest BCUT2D eigenvalue weighted by Crippen LogP contribution is -2.46. The summed E-state index contributed by atoms with van der Waals surface area (Å²) in [5.41, 5.74) is 2.57. The fourth-order valence-electron chi connectivity index (χ4n) is 2.76. The number of nitrogens with one attached hydrogen (secondary N) is 1. The van der Waals surface area contributed by atoms with Crippen molar-refractivity contribution in [1.82, 2.24) is 10.2 Å². The van der Waals surface area contributed by atoms with Crippen LogP contribution in [0, 0.1) is 6.92 Å². The molecule has 104 valence electrons. The largest absolute Gasteiger partial charge is 0.371 e. The van der Waals surface area contributed by atoms with Crippen molar-refractivity contribution in [3.63, 3.8) is 0 Å². The van der Waals surface area contributed by atoms with Crippen molar-refractivity contribution in [3.8, 4) is 0 Å². The molecule has 1 aromatic carbocycles. The fourth-order valence-corrected chi connectivity index (χ4v) is 2.76. The first kappa shape index (κ1) is 12.9. The molecule has 0 radical (unpaired) electrons. The van der Waals surface area contributed by atoms with E-state index in [0.29, 0.717) is 24.9 Å². The van der Waals surface area contributed by atoms with Crippen LogP contribution in [0.2, 0.25) is 0 Å². The lowest BCUT2D eigenvalue weighted by Gasteiger charge is -2.35. The van der Waals surface area contributed by atoms with Gasteiger partial charge in [-0.05, 0) is 19.8 Å². The van der Waals surface area contributed by atoms with Crippen LogP contribution >= 0.6 is 0 Å². The summed E-state index contributed by atoms with van der Waals surface area (Å²) in [5, 5.41) is 3.23. The summed E-state index contributed by atoms with van der Waals surface area (Å²) in [7, 11) is 0. The van der Waals surface area contributed by atoms with E-state index in [1.54, 1.807) is 4.90 Å². The van der Waals surface area contributed by atoms with Gasteiger partial charge in [0.05, 0.1) is 0 Å². The average molecular weight is 270 g/mol. The third-order valence-corrected chi connectivity index (χ3v) is 3.88. The summed E-state index contributed by atoms with van der Waals surface area (Å²) in [6.07, 6.45) is 1.89. The van der Waals surface area contributed by atoms with Crippen LogP contribution in [-0.2, 0) is 4.79 Å². The number of ketones is 1. The number of Topliss-reactive ketones (excluding diaryl/α,β-unsaturated/α-hetero) is 1. The van der Waals surface area contributed by atoms with E-state index in [1.807, 2.05) is 31.2 Å². The Hall–Kier alpha value is -2.10. The number of hydrogen-bond acceptors (Lipinski definition) is 3. The first-order valence-corrected chi connectivity index (χ1v) is 7.05. The maximum Gasteiger partial charge on any atom is 0.228 e. The van der Waals surface area contributed by atoms with Gasteiger partial charge in [-0.15, -0.1) is 0 Å². The highest BCUT2D eigenvalue weighted by Gasteiger charge is 2.31. The van der Waals surface area contributed by atoms with Gasteiger partial charge in [-0.1, -0.05) is 29.8 Å². The summed E-state index contributed by atoms with van der Waals surface area (Å²) < 4.78 is 0. The number of amides is 1. The molecule has 4 nitrogen and oxygen atoms in total. The van der Waals surface area contributed by atoms with E-state index in [4.69, 9.17) is 0 Å². The van der Waals surface area contributed by atoms with E-state index in [1.165, 1.54) is 0 Å². The van der Waals surface area contributed by atoms with Crippen molar-refractivity contribution in [2.45, 2.75) is 26.2 Å². The first-order valence-electron chi connectivity index (χ1n) is 7.05. The molecule has 0 bridgehead atoms. The molecule has 20 heavy (non-hydrogen) atoms. The zero-order valence-corrected chi connectivity index (χ0v) is 11.6. The molecule has 1 N–H and O–H groups in total. The van der Waals surface area contributed by atoms with Gasteiger partial charge in [-0.2, -0.15) is 0 Å². The first-order chi connectivity index (χ1) is 9.66. The van der Waals surface area contributed by atoms with Gasteiger partial charge >= 0.3 is 0 Å². The molecule has 4 heteroatoms. The number of aryl methyl sites for hydroxylation is 1. The van der Waals surface area contributed by atoms with Crippen LogP contribution in [-0.4, -0.2) is 29.7 Å². The van der Waals surface area contributed by atoms with Crippen LogP contribution in [0.15, 0.2) is 35.7 Å². The molecular weight excluding hydrogens is 252 g/mol. The van der Waals surface area contributed by atoms with Gasteiger partial charge in [0.2, 0.25) is 5.91 Å². The Bertz CT molecular complexity index is 587. The van der Waals surface area contributed by atoms with Crippen molar-refractivity contribution in [2.75, 3.05) is 13.1 Å². The molecule has 0 aromatic heterocycles. The number of carbonyl (C=O) groups is 2. The van der Waals surface area contributed by atoms with E-state index in [9.17, 15) is 9.59 Å². The zero-order valence-electron chi connectivity index (χ0n) is 11.6. The molecule has 0 unspecified atom stereocenters. The molecular formula is C16H18N2O2. The maximum absolute atomic E-state index is 12.6. The monoisotopic (exact) mass is 270 g/mol. The SMILES string of the molecule is Cc1ccc(C(=O)C2=C3NCCCN3C(=O)CC2)cc1. The molecule has 0 atom stereocenters. The number of nitrogens with zero attached hydrogens (tertiary/aromatic N) is 1. The van der Waals surface area contributed by atoms with Crippen LogP contribution in [0.4, 0.5) is 0 Å². The molecule has 2 aliphatic heterocycles. The molecule has 2 heterocycles. The minimum atomic E-state index is 0.0342. The summed E-state index contributed by atoms with van der Waals surface area (Å²) >= 11 is 0. The lowest BCUT2D eigenvalue weighted by molar-refractivity contribution is -0.130. The maximum atomic E-state index is 12.6. The summed E-state index contributed by atoms with van der Waals surface area (Å²) in [4.78, 5) is 26.3. The minimum absolute atomic E-state index is 0.0342. The fraction of sp³-hybridized carbons (Fsp3) is 0.375. The number of fused-ring (bicyclic) bond motifs is 1. The van der Waals surface area contributed by atoms with Gasteiger partial charge in [-0.3, -0.25) is 14.5 Å². The predicted octanol–water partition coefficient (Wildman–Crippen LogP) is 2.01. The van der Waals surface area contributed by atoms with Crippen LogP contribution in [0.3, 0.4) is 0 Å². The molecule has 0 aliphatic carbocycles. The highest BCUT2D eigenvalue weighted by Crippen LogP contribution is 2.26. The van der Waals surface area contributed by atoms with Gasteiger partial charge in [0.1, 0.15) is 5.82 Å². The second kappa shape index (κ2) is 5.12. The number of hydrogen-bond donors (Lipinski definition) is 1. The Kier molecular flexibility index (Phi) is 3.30. The average Bonchev–Trinajstić information content (AvgIpc) is 2.48. The van der Waals surface area contributed by atoms with Crippen LogP contribution < -0.4 is 5.32 Å². The van der Waals surface area contributed by atoms with Crippen molar-refractivity contribution in [2.24, 2.45) is 0 Å². The third-order valence-electron chi connectivity index (χ3n) is 3.88. The molecule has 2 aliphatic rings. The van der Waals surface area contributed by atoms with Gasteiger partial charge in [-0.25, -0.2) is 0 Å².